The van der Waals surface area contributed by atoms with Gasteiger partial charge in [-0.2, -0.15) is 0 Å². The Morgan fingerprint density at radius 1 is 1.00 bits per heavy atom. The number of phenolic OH excluding ortho intramolecular Hbond substituents is 1. The number of carboxylic acids is 2. The van der Waals surface area contributed by atoms with Crippen molar-refractivity contribution in [3.63, 3.8) is 0 Å². The Labute approximate surface area is 162 Å². The molecule has 8 nitrogen and oxygen atoms in total. The Balaban J connectivity index is 2.04. The van der Waals surface area contributed by atoms with Gasteiger partial charge >= 0.3 is 11.9 Å². The predicted molar refractivity (Wildman–Crippen MR) is 102 cm³/mol. The molecule has 1 heterocycles. The third-order valence-electron chi connectivity index (χ3n) is 4.48. The molecule has 0 aromatic heterocycles. The normalized spacial score (nSPS) is 11.0. The van der Waals surface area contributed by atoms with Crippen LogP contribution in [0.2, 0.25) is 0 Å². The third kappa shape index (κ3) is 3.06. The summed E-state index contributed by atoms with van der Waals surface area (Å²) >= 11 is 0. The van der Waals surface area contributed by atoms with E-state index in [0.717, 1.165) is 0 Å². The topological polar surface area (TPSA) is 138 Å². The summed E-state index contributed by atoms with van der Waals surface area (Å²) in [5, 5.41) is 29.1. The van der Waals surface area contributed by atoms with Crippen LogP contribution in [0.4, 0.5) is 0 Å². The van der Waals surface area contributed by atoms with E-state index in [9.17, 15) is 24.6 Å². The number of aliphatic carboxylic acids is 1. The fourth-order valence-corrected chi connectivity index (χ4v) is 3.20. The van der Waals surface area contributed by atoms with E-state index in [-0.39, 0.29) is 34.6 Å². The molecule has 2 aromatic rings. The van der Waals surface area contributed by atoms with Crippen molar-refractivity contribution in [3.8, 4) is 28.3 Å². The Morgan fingerprint density at radius 2 is 1.69 bits per heavy atom. The van der Waals surface area contributed by atoms with Crippen molar-refractivity contribution in [2.75, 3.05) is 0 Å². The number of nitrogens with zero attached hydrogens (tertiary/aromatic N) is 1. The molecular weight excluding hydrogens is 378 g/mol. The average Bonchev–Trinajstić information content (AvgIpc) is 2.69. The number of carbonyl (C=O) groups is 2. The van der Waals surface area contributed by atoms with Gasteiger partial charge in [-0.05, 0) is 23.3 Å². The van der Waals surface area contributed by atoms with Crippen LogP contribution in [0, 0.1) is 0 Å². The van der Waals surface area contributed by atoms with Crippen molar-refractivity contribution < 1.29 is 29.3 Å². The minimum absolute atomic E-state index is 0.155. The maximum absolute atomic E-state index is 12.8. The Hall–Kier alpha value is -4.20. The molecule has 0 spiro atoms. The lowest BCUT2D eigenvalue weighted by Gasteiger charge is -2.14. The van der Waals surface area contributed by atoms with Crippen molar-refractivity contribution in [3.05, 3.63) is 69.9 Å². The van der Waals surface area contributed by atoms with Gasteiger partial charge in [0, 0.05) is 0 Å². The van der Waals surface area contributed by atoms with E-state index in [1.165, 1.54) is 24.3 Å². The van der Waals surface area contributed by atoms with Gasteiger partial charge in [-0.1, -0.05) is 36.4 Å². The highest BCUT2D eigenvalue weighted by Gasteiger charge is 2.30. The third-order valence-corrected chi connectivity index (χ3v) is 4.48. The molecule has 0 saturated carbocycles. The van der Waals surface area contributed by atoms with Crippen molar-refractivity contribution in [2.45, 2.75) is 6.42 Å². The molecule has 29 heavy (non-hydrogen) atoms. The number of hydrogen-bond donors (Lipinski definition) is 3. The van der Waals surface area contributed by atoms with E-state index in [1.807, 2.05) is 0 Å². The number of aromatic hydroxyl groups is 1. The summed E-state index contributed by atoms with van der Waals surface area (Å²) in [6.45, 7) is 0. The Morgan fingerprint density at radius 3 is 2.34 bits per heavy atom. The summed E-state index contributed by atoms with van der Waals surface area (Å²) in [4.78, 5) is 40.0. The van der Waals surface area contributed by atoms with Crippen LogP contribution in [0.1, 0.15) is 15.9 Å². The average molecular weight is 391 g/mol. The highest BCUT2D eigenvalue weighted by atomic mass is 16.4. The molecule has 0 amide bonds. The van der Waals surface area contributed by atoms with Crippen molar-refractivity contribution in [1.82, 2.24) is 4.98 Å². The highest BCUT2D eigenvalue weighted by molar-refractivity contribution is 6.04. The standard InChI is InChI=1S/C21H13NO7/c23-14(24)9-10-5-7-11(8-6-10)15-16(21(27)28)17-20(19(26)18(15)25)29-13-4-2-1-3-12(13)22-17/h1-8,26H,9H2,(H,23,24)(H,27,28). The van der Waals surface area contributed by atoms with Crippen LogP contribution < -0.4 is 5.43 Å². The van der Waals surface area contributed by atoms with Gasteiger partial charge in [-0.15, -0.1) is 0 Å². The molecule has 0 fully saturated rings. The smallest absolute Gasteiger partial charge is 0.338 e. The van der Waals surface area contributed by atoms with Crippen LogP contribution >= 0.6 is 0 Å². The molecule has 3 N–H and O–H groups in total. The number of para-hydroxylation sites is 2. The molecular formula is C21H13NO7. The van der Waals surface area contributed by atoms with E-state index in [0.29, 0.717) is 11.1 Å². The molecule has 0 bridgehead atoms. The second-order valence-corrected chi connectivity index (χ2v) is 6.36. The number of aromatic carboxylic acids is 1. The lowest BCUT2D eigenvalue weighted by Crippen LogP contribution is -2.16. The maximum Gasteiger partial charge on any atom is 0.338 e. The van der Waals surface area contributed by atoms with Gasteiger partial charge < -0.3 is 19.7 Å². The first-order valence-electron chi connectivity index (χ1n) is 8.49. The molecule has 0 unspecified atom stereocenters. The van der Waals surface area contributed by atoms with E-state index >= 15 is 0 Å². The number of rotatable bonds is 4. The molecule has 144 valence electrons. The largest absolute Gasteiger partial charge is 0.501 e. The molecule has 1 aliphatic carbocycles. The summed E-state index contributed by atoms with van der Waals surface area (Å²) in [7, 11) is 0. The lowest BCUT2D eigenvalue weighted by molar-refractivity contribution is -0.136. The fraction of sp³-hybridized carbons (Fsp3) is 0.0476. The molecule has 1 aliphatic heterocycles. The summed E-state index contributed by atoms with van der Waals surface area (Å²) in [6, 6.07) is 12.4. The van der Waals surface area contributed by atoms with E-state index in [2.05, 4.69) is 4.98 Å². The highest BCUT2D eigenvalue weighted by Crippen LogP contribution is 2.37. The van der Waals surface area contributed by atoms with Crippen LogP contribution in [-0.4, -0.2) is 32.2 Å². The number of hydrogen-bond acceptors (Lipinski definition) is 6. The quantitative estimate of drug-likeness (QED) is 0.451. The first-order valence-corrected chi connectivity index (χ1v) is 8.49. The van der Waals surface area contributed by atoms with Crippen molar-refractivity contribution >= 4 is 23.0 Å². The zero-order valence-corrected chi connectivity index (χ0v) is 14.7. The van der Waals surface area contributed by atoms with Crippen LogP contribution in [-0.2, 0) is 11.2 Å². The summed E-state index contributed by atoms with van der Waals surface area (Å²) in [5.41, 5.74) is -0.367. The van der Waals surface area contributed by atoms with Gasteiger partial charge in [0.1, 0.15) is 16.8 Å². The zero-order valence-electron chi connectivity index (χ0n) is 14.7. The lowest BCUT2D eigenvalue weighted by atomic mass is 9.93. The first-order chi connectivity index (χ1) is 13.9. The first kappa shape index (κ1) is 18.2. The summed E-state index contributed by atoms with van der Waals surface area (Å²) in [6.07, 6.45) is -0.217. The number of benzene rings is 3. The molecule has 2 aliphatic rings. The zero-order chi connectivity index (χ0) is 20.7. The van der Waals surface area contributed by atoms with Crippen LogP contribution in [0.3, 0.4) is 0 Å². The molecule has 0 atom stereocenters. The van der Waals surface area contributed by atoms with Crippen LogP contribution in [0.15, 0.2) is 57.7 Å². The van der Waals surface area contributed by atoms with Gasteiger partial charge in [-0.25, -0.2) is 9.78 Å². The fourth-order valence-electron chi connectivity index (χ4n) is 3.20. The monoisotopic (exact) mass is 391 g/mol. The number of phenols is 1. The molecule has 2 aromatic carbocycles. The molecule has 0 saturated heterocycles. The van der Waals surface area contributed by atoms with Gasteiger partial charge in [0.25, 0.3) is 0 Å². The predicted octanol–water partition coefficient (Wildman–Crippen LogP) is 2.99. The van der Waals surface area contributed by atoms with Gasteiger partial charge in [0.2, 0.25) is 11.2 Å². The second kappa shape index (κ2) is 6.75. The number of aromatic nitrogens is 1. The Kier molecular flexibility index (Phi) is 4.23. The number of carboxylic acid groups (broad SMARTS) is 2. The SMILES string of the molecule is O=C(O)Cc1ccc(-c2c(C(=O)O)c3nc4ccccc4oc-3c(O)c2=O)cc1. The van der Waals surface area contributed by atoms with E-state index in [1.54, 1.807) is 24.3 Å². The van der Waals surface area contributed by atoms with Gasteiger partial charge in [-0.3, -0.25) is 9.59 Å². The maximum atomic E-state index is 12.8. The summed E-state index contributed by atoms with van der Waals surface area (Å²) < 4.78 is 5.56. The van der Waals surface area contributed by atoms with E-state index in [4.69, 9.17) is 9.52 Å². The Bertz CT molecular complexity index is 1310. The van der Waals surface area contributed by atoms with Gasteiger partial charge in [0.05, 0.1) is 12.0 Å². The minimum atomic E-state index is -1.41. The van der Waals surface area contributed by atoms with E-state index < -0.39 is 28.7 Å². The summed E-state index contributed by atoms with van der Waals surface area (Å²) in [5.74, 6) is -3.48. The van der Waals surface area contributed by atoms with Gasteiger partial charge in [0.15, 0.2) is 11.3 Å². The second-order valence-electron chi connectivity index (χ2n) is 6.36. The number of fused-ring (bicyclic) bond motifs is 2. The van der Waals surface area contributed by atoms with Crippen LogP contribution in [0.25, 0.3) is 33.7 Å². The minimum Gasteiger partial charge on any atom is -0.501 e. The van der Waals surface area contributed by atoms with Crippen molar-refractivity contribution in [1.29, 1.82) is 0 Å². The molecule has 8 heteroatoms. The van der Waals surface area contributed by atoms with Crippen LogP contribution in [0.5, 0.6) is 5.75 Å². The molecule has 4 rings (SSSR count). The van der Waals surface area contributed by atoms with Crippen molar-refractivity contribution in [2.24, 2.45) is 0 Å². The molecule has 0 radical (unpaired) electrons.